The molecule has 3 heteroatoms. The highest BCUT2D eigenvalue weighted by Gasteiger charge is 2.05. The lowest BCUT2D eigenvalue weighted by Crippen LogP contribution is -2.22. The van der Waals surface area contributed by atoms with Gasteiger partial charge in [-0.1, -0.05) is 24.3 Å². The van der Waals surface area contributed by atoms with Crippen molar-refractivity contribution in [1.29, 1.82) is 0 Å². The molecule has 0 bridgehead atoms. The Morgan fingerprint density at radius 3 is 1.62 bits per heavy atom. The molecule has 0 N–H and O–H groups in total. The van der Waals surface area contributed by atoms with Gasteiger partial charge >= 0.3 is 0 Å². The molecule has 2 aromatic rings. The number of nitrogens with zero attached hydrogens (tertiary/aromatic N) is 2. The van der Waals surface area contributed by atoms with Gasteiger partial charge in [0.1, 0.15) is 0 Å². The van der Waals surface area contributed by atoms with Crippen LogP contribution in [-0.4, -0.2) is 27.1 Å². The van der Waals surface area contributed by atoms with Gasteiger partial charge in [-0.3, -0.25) is 4.79 Å². The standard InChI is InChI=1S/C18H22N2O/c1-14(21)20(4)18-11-7-16(8-12-18)13-15-5-9-17(10-6-15)19(2)3/h5-12H,13H2,1-4H3. The lowest BCUT2D eigenvalue weighted by atomic mass is 10.0. The number of carbonyl (C=O) groups is 1. The molecular weight excluding hydrogens is 260 g/mol. The van der Waals surface area contributed by atoms with E-state index in [1.165, 1.54) is 16.8 Å². The van der Waals surface area contributed by atoms with Crippen molar-refractivity contribution in [2.45, 2.75) is 13.3 Å². The summed E-state index contributed by atoms with van der Waals surface area (Å²) >= 11 is 0. The molecule has 0 aromatic heterocycles. The van der Waals surface area contributed by atoms with Crippen LogP contribution in [0.5, 0.6) is 0 Å². The summed E-state index contributed by atoms with van der Waals surface area (Å²) < 4.78 is 0. The lowest BCUT2D eigenvalue weighted by molar-refractivity contribution is -0.116. The van der Waals surface area contributed by atoms with Crippen molar-refractivity contribution in [2.24, 2.45) is 0 Å². The fourth-order valence-corrected chi connectivity index (χ4v) is 2.17. The zero-order valence-electron chi connectivity index (χ0n) is 13.1. The van der Waals surface area contributed by atoms with Crippen LogP contribution in [0.15, 0.2) is 48.5 Å². The smallest absolute Gasteiger partial charge is 0.223 e. The first-order chi connectivity index (χ1) is 9.97. The van der Waals surface area contributed by atoms with E-state index in [4.69, 9.17) is 0 Å². The van der Waals surface area contributed by atoms with Crippen molar-refractivity contribution < 1.29 is 4.79 Å². The Morgan fingerprint density at radius 2 is 1.24 bits per heavy atom. The molecule has 0 saturated heterocycles. The van der Waals surface area contributed by atoms with Crippen LogP contribution in [0.4, 0.5) is 11.4 Å². The summed E-state index contributed by atoms with van der Waals surface area (Å²) in [5, 5.41) is 0. The first-order valence-corrected chi connectivity index (χ1v) is 7.07. The Balaban J connectivity index is 2.08. The van der Waals surface area contributed by atoms with E-state index in [-0.39, 0.29) is 5.91 Å². The van der Waals surface area contributed by atoms with Gasteiger partial charge in [-0.15, -0.1) is 0 Å². The Kier molecular flexibility index (Phi) is 4.63. The highest BCUT2D eigenvalue weighted by Crippen LogP contribution is 2.18. The van der Waals surface area contributed by atoms with Crippen molar-refractivity contribution in [2.75, 3.05) is 30.9 Å². The topological polar surface area (TPSA) is 23.6 Å². The molecule has 110 valence electrons. The predicted octanol–water partition coefficient (Wildman–Crippen LogP) is 3.33. The number of anilines is 2. The highest BCUT2D eigenvalue weighted by molar-refractivity contribution is 5.90. The Labute approximate surface area is 126 Å². The van der Waals surface area contributed by atoms with Crippen LogP contribution in [0.2, 0.25) is 0 Å². The van der Waals surface area contributed by atoms with Crippen molar-refractivity contribution in [3.05, 3.63) is 59.7 Å². The lowest BCUT2D eigenvalue weighted by Gasteiger charge is -2.15. The van der Waals surface area contributed by atoms with Gasteiger partial charge in [0, 0.05) is 39.4 Å². The number of carbonyl (C=O) groups excluding carboxylic acids is 1. The summed E-state index contributed by atoms with van der Waals surface area (Å²) in [6, 6.07) is 16.7. The second-order valence-electron chi connectivity index (χ2n) is 5.48. The van der Waals surface area contributed by atoms with Gasteiger partial charge in [0.15, 0.2) is 0 Å². The van der Waals surface area contributed by atoms with E-state index in [2.05, 4.69) is 41.3 Å². The first kappa shape index (κ1) is 15.1. The number of hydrogen-bond acceptors (Lipinski definition) is 2. The third kappa shape index (κ3) is 3.85. The molecule has 2 rings (SSSR count). The van der Waals surface area contributed by atoms with Crippen LogP contribution in [0.3, 0.4) is 0 Å². The molecule has 0 atom stereocenters. The number of hydrogen-bond donors (Lipinski definition) is 0. The molecule has 3 nitrogen and oxygen atoms in total. The molecule has 0 radical (unpaired) electrons. The molecule has 2 aromatic carbocycles. The summed E-state index contributed by atoms with van der Waals surface area (Å²) in [5.74, 6) is 0.0435. The van der Waals surface area contributed by atoms with E-state index >= 15 is 0 Å². The van der Waals surface area contributed by atoms with Gasteiger partial charge in [0.05, 0.1) is 0 Å². The average Bonchev–Trinajstić information content (AvgIpc) is 2.47. The minimum absolute atomic E-state index is 0.0435. The highest BCUT2D eigenvalue weighted by atomic mass is 16.2. The summed E-state index contributed by atoms with van der Waals surface area (Å²) in [7, 11) is 5.87. The van der Waals surface area contributed by atoms with Crippen LogP contribution in [0.25, 0.3) is 0 Å². The maximum atomic E-state index is 11.3. The van der Waals surface area contributed by atoms with Crippen LogP contribution in [0.1, 0.15) is 18.1 Å². The van der Waals surface area contributed by atoms with Crippen molar-refractivity contribution in [3.63, 3.8) is 0 Å². The molecule has 0 fully saturated rings. The third-order valence-electron chi connectivity index (χ3n) is 3.66. The quantitative estimate of drug-likeness (QED) is 0.859. The van der Waals surface area contributed by atoms with Gasteiger partial charge in [-0.05, 0) is 41.8 Å². The molecule has 1 amide bonds. The van der Waals surface area contributed by atoms with Crippen molar-refractivity contribution in [1.82, 2.24) is 0 Å². The molecule has 0 aliphatic carbocycles. The maximum absolute atomic E-state index is 11.3. The summed E-state index contributed by atoms with van der Waals surface area (Å²) in [5.41, 5.74) is 4.66. The van der Waals surface area contributed by atoms with E-state index in [9.17, 15) is 4.79 Å². The molecule has 0 aliphatic rings. The number of rotatable bonds is 4. The summed E-state index contributed by atoms with van der Waals surface area (Å²) in [4.78, 5) is 15.1. The average molecular weight is 282 g/mol. The van der Waals surface area contributed by atoms with E-state index < -0.39 is 0 Å². The minimum atomic E-state index is 0.0435. The van der Waals surface area contributed by atoms with E-state index in [1.54, 1.807) is 18.9 Å². The van der Waals surface area contributed by atoms with Crippen molar-refractivity contribution >= 4 is 17.3 Å². The molecule has 0 heterocycles. The number of benzene rings is 2. The van der Waals surface area contributed by atoms with Gasteiger partial charge < -0.3 is 9.80 Å². The Bertz CT molecular complexity index is 600. The maximum Gasteiger partial charge on any atom is 0.223 e. The van der Waals surface area contributed by atoms with E-state index in [1.807, 2.05) is 26.2 Å². The molecule has 0 spiro atoms. The summed E-state index contributed by atoms with van der Waals surface area (Å²) in [6.07, 6.45) is 0.901. The van der Waals surface area contributed by atoms with Gasteiger partial charge in [0.25, 0.3) is 0 Å². The fourth-order valence-electron chi connectivity index (χ4n) is 2.17. The number of amides is 1. The zero-order chi connectivity index (χ0) is 15.4. The molecular formula is C18H22N2O. The van der Waals surface area contributed by atoms with Crippen LogP contribution in [0, 0.1) is 0 Å². The van der Waals surface area contributed by atoms with Gasteiger partial charge in [-0.2, -0.15) is 0 Å². The first-order valence-electron chi connectivity index (χ1n) is 7.07. The monoisotopic (exact) mass is 282 g/mol. The van der Waals surface area contributed by atoms with Crippen LogP contribution in [-0.2, 0) is 11.2 Å². The molecule has 0 unspecified atom stereocenters. The fraction of sp³-hybridized carbons (Fsp3) is 0.278. The molecule has 0 saturated carbocycles. The zero-order valence-corrected chi connectivity index (χ0v) is 13.1. The largest absolute Gasteiger partial charge is 0.378 e. The molecule has 0 aliphatic heterocycles. The summed E-state index contributed by atoms with van der Waals surface area (Å²) in [6.45, 7) is 1.57. The van der Waals surface area contributed by atoms with E-state index in [0.717, 1.165) is 12.1 Å². The van der Waals surface area contributed by atoms with Gasteiger partial charge in [0.2, 0.25) is 5.91 Å². The minimum Gasteiger partial charge on any atom is -0.378 e. The Hall–Kier alpha value is -2.29. The van der Waals surface area contributed by atoms with E-state index in [0.29, 0.717) is 0 Å². The van der Waals surface area contributed by atoms with Gasteiger partial charge in [-0.25, -0.2) is 0 Å². The second kappa shape index (κ2) is 6.44. The van der Waals surface area contributed by atoms with Crippen molar-refractivity contribution in [3.8, 4) is 0 Å². The molecule has 21 heavy (non-hydrogen) atoms. The predicted molar refractivity (Wildman–Crippen MR) is 89.1 cm³/mol. The SMILES string of the molecule is CC(=O)N(C)c1ccc(Cc2ccc(N(C)C)cc2)cc1. The van der Waals surface area contributed by atoms with Crippen LogP contribution < -0.4 is 9.80 Å². The third-order valence-corrected chi connectivity index (χ3v) is 3.66. The second-order valence-corrected chi connectivity index (χ2v) is 5.48. The Morgan fingerprint density at radius 1 is 0.810 bits per heavy atom. The normalized spacial score (nSPS) is 10.3. The van der Waals surface area contributed by atoms with Crippen LogP contribution >= 0.6 is 0 Å².